The Balaban J connectivity index is 1.73. The van der Waals surface area contributed by atoms with E-state index >= 15 is 0 Å². The van der Waals surface area contributed by atoms with Gasteiger partial charge in [-0.15, -0.1) is 0 Å². The van der Waals surface area contributed by atoms with Crippen molar-refractivity contribution in [3.8, 4) is 0 Å². The number of fused-ring (bicyclic) bond motifs is 2. The van der Waals surface area contributed by atoms with E-state index in [-0.39, 0.29) is 17.8 Å². The number of benzene rings is 1. The van der Waals surface area contributed by atoms with Crippen molar-refractivity contribution in [2.24, 2.45) is 17.8 Å². The van der Waals surface area contributed by atoms with Gasteiger partial charge in [-0.3, -0.25) is 4.79 Å². The van der Waals surface area contributed by atoms with Gasteiger partial charge in [0, 0.05) is 5.92 Å². The summed E-state index contributed by atoms with van der Waals surface area (Å²) < 4.78 is 5.03. The third kappa shape index (κ3) is 2.80. The fourth-order valence-electron chi connectivity index (χ4n) is 3.77. The summed E-state index contributed by atoms with van der Waals surface area (Å²) in [5, 5.41) is 2.94. The van der Waals surface area contributed by atoms with Crippen LogP contribution in [0.15, 0.2) is 24.3 Å². The summed E-state index contributed by atoms with van der Waals surface area (Å²) >= 11 is 0. The molecule has 4 nitrogen and oxygen atoms in total. The molecule has 0 spiro atoms. The van der Waals surface area contributed by atoms with E-state index in [0.29, 0.717) is 23.8 Å². The van der Waals surface area contributed by atoms with Crippen LogP contribution in [0.25, 0.3) is 0 Å². The molecule has 0 saturated heterocycles. The van der Waals surface area contributed by atoms with Crippen LogP contribution in [0.2, 0.25) is 0 Å². The van der Waals surface area contributed by atoms with Gasteiger partial charge in [-0.05, 0) is 50.2 Å². The average Bonchev–Trinajstić information content (AvgIpc) is 3.10. The molecule has 0 aromatic heterocycles. The molecule has 2 aliphatic rings. The standard InChI is InChI=1S/C17H21NO3/c1-2-21-17(20)13-5-3-4-6-15(13)18-16(19)14-10-11-7-8-12(14)9-11/h3-6,11-12,14H,2,7-10H2,1H3,(H,18,19)/t11-,12+,14-/m1/s1. The molecule has 3 atom stereocenters. The number of amides is 1. The molecule has 0 unspecified atom stereocenters. The maximum Gasteiger partial charge on any atom is 0.340 e. The van der Waals surface area contributed by atoms with Gasteiger partial charge in [0.2, 0.25) is 5.91 Å². The molecule has 3 rings (SSSR count). The highest BCUT2D eigenvalue weighted by molar-refractivity contribution is 6.02. The van der Waals surface area contributed by atoms with E-state index in [2.05, 4.69) is 5.32 Å². The van der Waals surface area contributed by atoms with Crippen LogP contribution in [-0.2, 0) is 9.53 Å². The third-order valence-electron chi connectivity index (χ3n) is 4.76. The molecule has 4 heteroatoms. The molecule has 0 aliphatic heterocycles. The first-order valence-electron chi connectivity index (χ1n) is 7.76. The second kappa shape index (κ2) is 5.88. The summed E-state index contributed by atoms with van der Waals surface area (Å²) in [7, 11) is 0. The number of nitrogens with one attached hydrogen (secondary N) is 1. The summed E-state index contributed by atoms with van der Waals surface area (Å²) in [6, 6.07) is 7.05. The quantitative estimate of drug-likeness (QED) is 0.865. The number of ether oxygens (including phenoxy) is 1. The lowest BCUT2D eigenvalue weighted by atomic mass is 9.88. The molecule has 2 bridgehead atoms. The van der Waals surface area contributed by atoms with Crippen molar-refractivity contribution in [2.45, 2.75) is 32.6 Å². The summed E-state index contributed by atoms with van der Waals surface area (Å²) in [4.78, 5) is 24.4. The van der Waals surface area contributed by atoms with Crippen molar-refractivity contribution < 1.29 is 14.3 Å². The van der Waals surface area contributed by atoms with E-state index in [1.807, 2.05) is 6.07 Å². The third-order valence-corrected chi connectivity index (χ3v) is 4.76. The van der Waals surface area contributed by atoms with Crippen molar-refractivity contribution in [1.82, 2.24) is 0 Å². The van der Waals surface area contributed by atoms with Crippen LogP contribution < -0.4 is 5.32 Å². The molecular formula is C17H21NO3. The molecule has 1 aromatic rings. The van der Waals surface area contributed by atoms with Gasteiger partial charge in [-0.2, -0.15) is 0 Å². The van der Waals surface area contributed by atoms with Gasteiger partial charge >= 0.3 is 5.97 Å². The molecule has 1 aromatic carbocycles. The lowest BCUT2D eigenvalue weighted by Crippen LogP contribution is -2.28. The van der Waals surface area contributed by atoms with Gasteiger partial charge < -0.3 is 10.1 Å². The number of hydrogen-bond donors (Lipinski definition) is 1. The normalized spacial score (nSPS) is 26.6. The highest BCUT2D eigenvalue weighted by atomic mass is 16.5. The first kappa shape index (κ1) is 14.1. The Kier molecular flexibility index (Phi) is 3.95. The van der Waals surface area contributed by atoms with E-state index in [4.69, 9.17) is 4.74 Å². The Hall–Kier alpha value is -1.84. The molecule has 0 heterocycles. The maximum absolute atomic E-state index is 12.5. The van der Waals surface area contributed by atoms with Gasteiger partial charge in [0.15, 0.2) is 0 Å². The van der Waals surface area contributed by atoms with Crippen molar-refractivity contribution in [2.75, 3.05) is 11.9 Å². The summed E-state index contributed by atoms with van der Waals surface area (Å²) in [6.45, 7) is 2.10. The molecule has 21 heavy (non-hydrogen) atoms. The van der Waals surface area contributed by atoms with E-state index in [9.17, 15) is 9.59 Å². The van der Waals surface area contributed by atoms with E-state index in [0.717, 1.165) is 12.3 Å². The zero-order chi connectivity index (χ0) is 14.8. The van der Waals surface area contributed by atoms with E-state index in [1.165, 1.54) is 19.3 Å². The van der Waals surface area contributed by atoms with Gasteiger partial charge in [0.1, 0.15) is 0 Å². The van der Waals surface area contributed by atoms with Crippen LogP contribution >= 0.6 is 0 Å². The molecule has 0 radical (unpaired) electrons. The van der Waals surface area contributed by atoms with Gasteiger partial charge in [-0.25, -0.2) is 4.79 Å². The summed E-state index contributed by atoms with van der Waals surface area (Å²) in [6.07, 6.45) is 4.63. The number of anilines is 1. The van der Waals surface area contributed by atoms with Crippen LogP contribution in [0.1, 0.15) is 43.0 Å². The van der Waals surface area contributed by atoms with Crippen LogP contribution in [0.4, 0.5) is 5.69 Å². The number of hydrogen-bond acceptors (Lipinski definition) is 3. The zero-order valence-corrected chi connectivity index (χ0v) is 12.3. The fraction of sp³-hybridized carbons (Fsp3) is 0.529. The van der Waals surface area contributed by atoms with E-state index < -0.39 is 0 Å². The minimum atomic E-state index is -0.388. The smallest absolute Gasteiger partial charge is 0.340 e. The summed E-state index contributed by atoms with van der Waals surface area (Å²) in [5.74, 6) is 1.04. The first-order valence-corrected chi connectivity index (χ1v) is 7.76. The molecule has 2 aliphatic carbocycles. The molecule has 112 valence electrons. The second-order valence-corrected chi connectivity index (χ2v) is 6.04. The number of esters is 1. The average molecular weight is 287 g/mol. The Morgan fingerprint density at radius 2 is 2.05 bits per heavy atom. The van der Waals surface area contributed by atoms with Crippen LogP contribution in [-0.4, -0.2) is 18.5 Å². The lowest BCUT2D eigenvalue weighted by molar-refractivity contribution is -0.121. The largest absolute Gasteiger partial charge is 0.462 e. The van der Waals surface area contributed by atoms with Crippen LogP contribution in [0, 0.1) is 17.8 Å². The van der Waals surface area contributed by atoms with Gasteiger partial charge in [0.25, 0.3) is 0 Å². The second-order valence-electron chi connectivity index (χ2n) is 6.04. The minimum absolute atomic E-state index is 0.0546. The minimum Gasteiger partial charge on any atom is -0.462 e. The Bertz CT molecular complexity index is 555. The Morgan fingerprint density at radius 3 is 2.71 bits per heavy atom. The van der Waals surface area contributed by atoms with Crippen molar-refractivity contribution in [3.63, 3.8) is 0 Å². The zero-order valence-electron chi connectivity index (χ0n) is 12.3. The van der Waals surface area contributed by atoms with Gasteiger partial charge in [0.05, 0.1) is 17.9 Å². The van der Waals surface area contributed by atoms with Gasteiger partial charge in [-0.1, -0.05) is 18.6 Å². The highest BCUT2D eigenvalue weighted by Gasteiger charge is 2.43. The number of carbonyl (C=O) groups excluding carboxylic acids is 2. The molecule has 1 N–H and O–H groups in total. The topological polar surface area (TPSA) is 55.4 Å². The summed E-state index contributed by atoms with van der Waals surface area (Å²) in [5.41, 5.74) is 0.986. The predicted octanol–water partition coefficient (Wildman–Crippen LogP) is 3.24. The molecular weight excluding hydrogens is 266 g/mol. The number of para-hydroxylation sites is 1. The van der Waals surface area contributed by atoms with Crippen molar-refractivity contribution >= 4 is 17.6 Å². The lowest BCUT2D eigenvalue weighted by Gasteiger charge is -2.21. The SMILES string of the molecule is CCOC(=O)c1ccccc1NC(=O)[C@@H]1C[C@@H]2CC[C@H]1C2. The highest BCUT2D eigenvalue weighted by Crippen LogP contribution is 2.48. The maximum atomic E-state index is 12.5. The number of carbonyl (C=O) groups is 2. The van der Waals surface area contributed by atoms with Crippen molar-refractivity contribution in [1.29, 1.82) is 0 Å². The van der Waals surface area contributed by atoms with E-state index in [1.54, 1.807) is 25.1 Å². The molecule has 2 saturated carbocycles. The van der Waals surface area contributed by atoms with Crippen LogP contribution in [0.3, 0.4) is 0 Å². The van der Waals surface area contributed by atoms with Crippen molar-refractivity contribution in [3.05, 3.63) is 29.8 Å². The first-order chi connectivity index (χ1) is 10.2. The Labute approximate surface area is 124 Å². The fourth-order valence-corrected chi connectivity index (χ4v) is 3.77. The Morgan fingerprint density at radius 1 is 1.24 bits per heavy atom. The molecule has 1 amide bonds. The molecule has 2 fully saturated rings. The predicted molar refractivity (Wildman–Crippen MR) is 80.0 cm³/mol. The number of rotatable bonds is 4. The van der Waals surface area contributed by atoms with Crippen LogP contribution in [0.5, 0.6) is 0 Å². The monoisotopic (exact) mass is 287 g/mol.